The summed E-state index contributed by atoms with van der Waals surface area (Å²) in [6, 6.07) is 11.7. The lowest BCUT2D eigenvalue weighted by atomic mass is 10.1. The van der Waals surface area contributed by atoms with Crippen LogP contribution in [0, 0.1) is 18.1 Å². The summed E-state index contributed by atoms with van der Waals surface area (Å²) in [5.74, 6) is 4.48. The number of pyridine rings is 1. The minimum absolute atomic E-state index is 0.273. The van der Waals surface area contributed by atoms with Gasteiger partial charge < -0.3 is 35.1 Å². The number of halogens is 2. The van der Waals surface area contributed by atoms with E-state index in [-0.39, 0.29) is 5.96 Å². The Hall–Kier alpha value is -2.60. The zero-order chi connectivity index (χ0) is 36.3. The number of aromatic nitrogens is 1. The Morgan fingerprint density at radius 1 is 1.10 bits per heavy atom. The van der Waals surface area contributed by atoms with Gasteiger partial charge in [0.1, 0.15) is 24.4 Å². The van der Waals surface area contributed by atoms with Crippen molar-refractivity contribution < 1.29 is 9.30 Å². The minimum atomic E-state index is -2.78. The molecule has 0 amide bonds. The Morgan fingerprint density at radius 2 is 1.86 bits per heavy atom. The van der Waals surface area contributed by atoms with Gasteiger partial charge in [0.05, 0.1) is 24.0 Å². The summed E-state index contributed by atoms with van der Waals surface area (Å²) in [5, 5.41) is 14.8. The maximum absolute atomic E-state index is 13.7. The van der Waals surface area contributed by atoms with Crippen molar-refractivity contribution in [1.29, 1.82) is 0 Å². The fourth-order valence-corrected chi connectivity index (χ4v) is 8.02. The molecule has 0 saturated carbocycles. The molecule has 1 aliphatic heterocycles. The Labute approximate surface area is 321 Å². The van der Waals surface area contributed by atoms with Crippen molar-refractivity contribution in [2.45, 2.75) is 33.1 Å². The Bertz CT molecular complexity index is 1850. The van der Waals surface area contributed by atoms with Gasteiger partial charge in [0.25, 0.3) is 0 Å². The van der Waals surface area contributed by atoms with E-state index in [9.17, 15) is 4.57 Å². The zero-order valence-electron chi connectivity index (χ0n) is 29.7. The first-order chi connectivity index (χ1) is 23.9. The average molecular weight is 894 g/mol. The van der Waals surface area contributed by atoms with E-state index in [0.29, 0.717) is 28.3 Å². The number of aliphatic imine (C=N–C) groups is 2. The van der Waals surface area contributed by atoms with Gasteiger partial charge in [0.2, 0.25) is 5.96 Å². The molecule has 1 aliphatic rings. The van der Waals surface area contributed by atoms with E-state index in [4.69, 9.17) is 14.7 Å². The summed E-state index contributed by atoms with van der Waals surface area (Å²) in [4.78, 5) is 18.6. The van der Waals surface area contributed by atoms with Crippen LogP contribution >= 0.6 is 53.2 Å². The molecule has 3 N–H and O–H groups in total. The molecule has 0 spiro atoms. The Morgan fingerprint density at radius 3 is 2.56 bits per heavy atom. The maximum atomic E-state index is 13.7. The Balaban J connectivity index is 1.63. The highest BCUT2D eigenvalue weighted by Crippen LogP contribution is 2.41. The third-order valence-electron chi connectivity index (χ3n) is 8.32. The molecule has 0 radical (unpaired) electrons. The molecule has 1 fully saturated rings. The molecule has 4 rings (SSSR count). The second kappa shape index (κ2) is 19.3. The number of hydrogen-bond donors (Lipinski definition) is 3. The summed E-state index contributed by atoms with van der Waals surface area (Å²) < 4.78 is 20.3. The van der Waals surface area contributed by atoms with Crippen molar-refractivity contribution in [3.63, 3.8) is 0 Å². The second-order valence-corrected chi connectivity index (χ2v) is 18.6. The van der Waals surface area contributed by atoms with Crippen LogP contribution < -0.4 is 30.9 Å². The lowest BCUT2D eigenvalue weighted by Crippen LogP contribution is -2.34. The number of rotatable bonds is 7. The van der Waals surface area contributed by atoms with Crippen molar-refractivity contribution in [3.8, 4) is 16.9 Å². The number of ether oxygens (including phenoxy) is 1. The fraction of sp³-hybridized carbons (Fsp3) is 0.417. The number of anilines is 3. The summed E-state index contributed by atoms with van der Waals surface area (Å²) in [5.41, 5.74) is 5.06. The lowest BCUT2D eigenvalue weighted by molar-refractivity contribution is 0.322. The molecule has 2 aromatic carbocycles. The smallest absolute Gasteiger partial charge is 0.228 e. The van der Waals surface area contributed by atoms with Gasteiger partial charge in [-0.05, 0) is 129 Å². The van der Waals surface area contributed by atoms with E-state index in [1.54, 1.807) is 20.4 Å². The van der Waals surface area contributed by atoms with Crippen LogP contribution in [-0.2, 0) is 4.57 Å². The number of hydrogen-bond acceptors (Lipinski definition) is 9. The van der Waals surface area contributed by atoms with Crippen LogP contribution in [-0.4, -0.2) is 89.3 Å². The molecule has 10 nitrogen and oxygen atoms in total. The predicted molar refractivity (Wildman–Crippen MR) is 229 cm³/mol. The molecule has 3 aromatic rings. The molecule has 1 saturated heterocycles. The molecule has 50 heavy (non-hydrogen) atoms. The number of allylic oxidation sites excluding steroid dienone is 1. The van der Waals surface area contributed by atoms with Crippen molar-refractivity contribution in [1.82, 2.24) is 15.2 Å². The van der Waals surface area contributed by atoms with E-state index in [1.165, 1.54) is 8.93 Å². The summed E-state index contributed by atoms with van der Waals surface area (Å²) in [7, 11) is 2.49. The highest BCUT2D eigenvalue weighted by molar-refractivity contribution is 14.2. The van der Waals surface area contributed by atoms with E-state index in [2.05, 4.69) is 112 Å². The Kier molecular flexibility index (Phi) is 15.5. The second-order valence-electron chi connectivity index (χ2n) is 12.5. The van der Waals surface area contributed by atoms with Crippen molar-refractivity contribution >= 4 is 99.2 Å². The summed E-state index contributed by atoms with van der Waals surface area (Å²) in [6.07, 6.45) is 3.34. The number of aryl methyl sites for hydroxylation is 1. The van der Waals surface area contributed by atoms with Crippen LogP contribution in [0.25, 0.3) is 10.9 Å². The number of nitrogens with one attached hydrogen (secondary N) is 3. The topological polar surface area (TPSA) is 106 Å². The van der Waals surface area contributed by atoms with Crippen LogP contribution in [0.1, 0.15) is 37.4 Å². The SMILES string of the molecule is C=N/C(=N\C(Nc1ccc2nc(C#CSI)ccc2c1P(C)(C)=O)=C(/C)Br)Nc1cc(C)c(N2CCCCN(C)CCNCCC2)cc1OC. The number of methoxy groups -OCH3 is 1. The summed E-state index contributed by atoms with van der Waals surface area (Å²) in [6.45, 7) is 17.4. The number of likely N-dealkylation sites (N-methyl/N-ethyl adjacent to an activating group) is 1. The lowest BCUT2D eigenvalue weighted by Gasteiger charge is -2.29. The first-order valence-corrected chi connectivity index (χ1v) is 23.3. The highest BCUT2D eigenvalue weighted by atomic mass is 127. The maximum Gasteiger partial charge on any atom is 0.228 e. The van der Waals surface area contributed by atoms with Crippen LogP contribution in [0.2, 0.25) is 0 Å². The van der Waals surface area contributed by atoms with E-state index in [0.717, 1.165) is 90.9 Å². The predicted octanol–water partition coefficient (Wildman–Crippen LogP) is 7.87. The number of benzene rings is 2. The van der Waals surface area contributed by atoms with Gasteiger partial charge in [-0.3, -0.25) is 0 Å². The molecule has 0 aliphatic carbocycles. The number of fused-ring (bicyclic) bond motifs is 1. The largest absolute Gasteiger partial charge is 0.494 e. The molecular weight excluding hydrogens is 846 g/mol. The van der Waals surface area contributed by atoms with Gasteiger partial charge in [-0.1, -0.05) is 15.9 Å². The minimum Gasteiger partial charge on any atom is -0.494 e. The molecule has 14 heteroatoms. The third-order valence-corrected chi connectivity index (χ3v) is 11.1. The zero-order valence-corrected chi connectivity index (χ0v) is 35.2. The van der Waals surface area contributed by atoms with Gasteiger partial charge >= 0.3 is 0 Å². The molecule has 268 valence electrons. The van der Waals surface area contributed by atoms with Gasteiger partial charge in [0.15, 0.2) is 0 Å². The molecule has 0 unspecified atom stereocenters. The molecule has 0 bridgehead atoms. The van der Waals surface area contributed by atoms with Crippen LogP contribution in [0.4, 0.5) is 17.1 Å². The first kappa shape index (κ1) is 40.2. The van der Waals surface area contributed by atoms with Crippen LogP contribution in [0.5, 0.6) is 5.75 Å². The van der Waals surface area contributed by atoms with Gasteiger partial charge in [-0.25, -0.2) is 9.98 Å². The van der Waals surface area contributed by atoms with Gasteiger partial charge in [0, 0.05) is 74.3 Å². The summed E-state index contributed by atoms with van der Waals surface area (Å²) >= 11 is 5.74. The molecular formula is C36H47BrIN8O2PS. The van der Waals surface area contributed by atoms with E-state index < -0.39 is 7.14 Å². The van der Waals surface area contributed by atoms with E-state index in [1.807, 2.05) is 31.2 Å². The quantitative estimate of drug-likeness (QED) is 0.0719. The number of guanidine groups is 1. The molecule has 1 aromatic heterocycles. The van der Waals surface area contributed by atoms with Crippen LogP contribution in [0.3, 0.4) is 0 Å². The van der Waals surface area contributed by atoms with E-state index >= 15 is 0 Å². The average Bonchev–Trinajstić information content (AvgIpc) is 3.07. The van der Waals surface area contributed by atoms with Crippen molar-refractivity contribution in [3.05, 3.63) is 58.0 Å². The fourth-order valence-electron chi connectivity index (χ4n) is 5.88. The molecule has 2 heterocycles. The first-order valence-electron chi connectivity index (χ1n) is 16.5. The van der Waals surface area contributed by atoms with Crippen LogP contribution in [0.15, 0.2) is 56.7 Å². The van der Waals surface area contributed by atoms with Crippen molar-refractivity contribution in [2.75, 3.05) is 82.3 Å². The highest BCUT2D eigenvalue weighted by Gasteiger charge is 2.22. The normalized spacial score (nSPS) is 16.0. The standard InChI is InChI=1S/C36H47BrIN8O2PS/c1-25-23-31(33(48-5)24-32(25)46-19-9-8-18-45(4)21-17-40-16-10-20-46)43-36(39-3)44-35(26(2)37)42-30-14-13-29-28(34(30)49(6,7)47)12-11-27(41-29)15-22-50-38/h11-14,23-24,40,42H,3,8-10,16-21H2,1-2,4-7H3,(H,43,44)/b35-26+. The van der Waals surface area contributed by atoms with Gasteiger partial charge in [-0.2, -0.15) is 4.99 Å². The third kappa shape index (κ3) is 11.2. The molecule has 0 atom stereocenters. The van der Waals surface area contributed by atoms with Gasteiger partial charge in [-0.15, -0.1) is 0 Å². The number of nitrogens with zero attached hydrogens (tertiary/aromatic N) is 5. The van der Waals surface area contributed by atoms with Crippen molar-refractivity contribution in [2.24, 2.45) is 9.98 Å². The monoisotopic (exact) mass is 892 g/mol.